The van der Waals surface area contributed by atoms with E-state index in [4.69, 9.17) is 0 Å². The Hall–Kier alpha value is -2.98. The largest absolute Gasteiger partial charge is 0.337 e. The van der Waals surface area contributed by atoms with E-state index in [1.807, 2.05) is 42.5 Å². The molecule has 0 unspecified atom stereocenters. The second-order valence-corrected chi connectivity index (χ2v) is 8.60. The fraction of sp³-hybridized carbons (Fsp3) is 0.0556. The average molecular weight is 459 g/mol. The summed E-state index contributed by atoms with van der Waals surface area (Å²) in [6, 6.07) is 14.7. The molecule has 0 aliphatic heterocycles. The lowest BCUT2D eigenvalue weighted by Crippen LogP contribution is -2.15. The van der Waals surface area contributed by atoms with E-state index in [1.54, 1.807) is 13.1 Å². The van der Waals surface area contributed by atoms with Gasteiger partial charge in [-0.05, 0) is 30.3 Å². The molecule has 0 spiro atoms. The van der Waals surface area contributed by atoms with Crippen molar-refractivity contribution >= 4 is 54.3 Å². The topological polar surface area (TPSA) is 102 Å². The Morgan fingerprint density at radius 1 is 1.00 bits per heavy atom. The molecule has 0 aliphatic rings. The SMILES string of the molecule is Cn1cc(S(=O)(=O)Nc2nc3ccccc3nc2Nc2cccc(Br)c2)cn1. The number of aromatic nitrogens is 4. The molecule has 0 saturated carbocycles. The highest BCUT2D eigenvalue weighted by Gasteiger charge is 2.20. The number of hydrogen-bond donors (Lipinski definition) is 2. The Balaban J connectivity index is 1.79. The number of nitrogens with one attached hydrogen (secondary N) is 2. The van der Waals surface area contributed by atoms with E-state index in [-0.39, 0.29) is 10.7 Å². The number of aryl methyl sites for hydroxylation is 1. The molecule has 0 amide bonds. The summed E-state index contributed by atoms with van der Waals surface area (Å²) in [5.41, 5.74) is 1.95. The molecule has 0 aliphatic carbocycles. The van der Waals surface area contributed by atoms with E-state index >= 15 is 0 Å². The maximum absolute atomic E-state index is 12.7. The monoisotopic (exact) mass is 458 g/mol. The van der Waals surface area contributed by atoms with Gasteiger partial charge in [0.05, 0.1) is 17.2 Å². The van der Waals surface area contributed by atoms with E-state index in [1.165, 1.54) is 17.1 Å². The van der Waals surface area contributed by atoms with E-state index in [2.05, 4.69) is 41.0 Å². The quantitative estimate of drug-likeness (QED) is 0.472. The van der Waals surface area contributed by atoms with Gasteiger partial charge in [0.25, 0.3) is 10.0 Å². The molecule has 28 heavy (non-hydrogen) atoms. The summed E-state index contributed by atoms with van der Waals surface area (Å²) in [5, 5.41) is 7.05. The predicted octanol–water partition coefficient (Wildman–Crippen LogP) is 3.67. The number of anilines is 3. The zero-order valence-corrected chi connectivity index (χ0v) is 17.1. The van der Waals surface area contributed by atoms with Crippen LogP contribution in [-0.2, 0) is 17.1 Å². The zero-order chi connectivity index (χ0) is 19.7. The highest BCUT2D eigenvalue weighted by atomic mass is 79.9. The van der Waals surface area contributed by atoms with Crippen molar-refractivity contribution in [1.82, 2.24) is 19.7 Å². The lowest BCUT2D eigenvalue weighted by Gasteiger charge is -2.13. The number of benzene rings is 2. The van der Waals surface area contributed by atoms with Crippen LogP contribution in [0.4, 0.5) is 17.3 Å². The Morgan fingerprint density at radius 3 is 2.36 bits per heavy atom. The van der Waals surface area contributed by atoms with Gasteiger partial charge in [-0.15, -0.1) is 0 Å². The summed E-state index contributed by atoms with van der Waals surface area (Å²) in [7, 11) is -2.22. The third kappa shape index (κ3) is 3.82. The number of halogens is 1. The summed E-state index contributed by atoms with van der Waals surface area (Å²) >= 11 is 3.42. The van der Waals surface area contributed by atoms with Crippen LogP contribution < -0.4 is 10.0 Å². The molecule has 2 aromatic carbocycles. The summed E-state index contributed by atoms with van der Waals surface area (Å²) in [4.78, 5) is 9.04. The Labute approximate surface area is 169 Å². The van der Waals surface area contributed by atoms with Crippen LogP contribution in [0.1, 0.15) is 0 Å². The van der Waals surface area contributed by atoms with Crippen molar-refractivity contribution < 1.29 is 8.42 Å². The first-order chi connectivity index (χ1) is 13.4. The zero-order valence-electron chi connectivity index (χ0n) is 14.7. The third-order valence-electron chi connectivity index (χ3n) is 3.88. The highest BCUT2D eigenvalue weighted by molar-refractivity contribution is 9.10. The van der Waals surface area contributed by atoms with Crippen molar-refractivity contribution in [2.24, 2.45) is 7.05 Å². The standard InChI is InChI=1S/C18H15BrN6O2S/c1-25-11-14(10-20-25)28(26,27)24-18-17(21-13-6-4-5-12(19)9-13)22-15-7-2-3-8-16(15)23-18/h2-11H,1H3,(H,21,22)(H,23,24). The van der Waals surface area contributed by atoms with Crippen LogP contribution in [0.25, 0.3) is 11.0 Å². The minimum absolute atomic E-state index is 0.0402. The van der Waals surface area contributed by atoms with Crippen molar-refractivity contribution in [3.8, 4) is 0 Å². The van der Waals surface area contributed by atoms with E-state index in [0.717, 1.165) is 10.2 Å². The third-order valence-corrected chi connectivity index (χ3v) is 5.67. The highest BCUT2D eigenvalue weighted by Crippen LogP contribution is 2.28. The van der Waals surface area contributed by atoms with E-state index in [9.17, 15) is 8.42 Å². The minimum atomic E-state index is -3.87. The number of nitrogens with zero attached hydrogens (tertiary/aromatic N) is 4. The molecule has 142 valence electrons. The van der Waals surface area contributed by atoms with Crippen LogP contribution in [0, 0.1) is 0 Å². The van der Waals surface area contributed by atoms with Gasteiger partial charge in [0.2, 0.25) is 0 Å². The lowest BCUT2D eigenvalue weighted by molar-refractivity contribution is 0.601. The molecule has 0 atom stereocenters. The van der Waals surface area contributed by atoms with Gasteiger partial charge in [0, 0.05) is 23.4 Å². The first-order valence-corrected chi connectivity index (χ1v) is 10.5. The van der Waals surface area contributed by atoms with Crippen molar-refractivity contribution in [3.63, 3.8) is 0 Å². The summed E-state index contributed by atoms with van der Waals surface area (Å²) in [6.07, 6.45) is 2.69. The molecular formula is C18H15BrN6O2S. The first kappa shape index (κ1) is 18.4. The van der Waals surface area contributed by atoms with Crippen LogP contribution in [0.15, 0.2) is 70.3 Å². The van der Waals surface area contributed by atoms with Crippen molar-refractivity contribution in [3.05, 3.63) is 65.4 Å². The van der Waals surface area contributed by atoms with Gasteiger partial charge in [-0.25, -0.2) is 18.4 Å². The number of rotatable bonds is 5. The van der Waals surface area contributed by atoms with Gasteiger partial charge in [-0.1, -0.05) is 34.1 Å². The maximum atomic E-state index is 12.7. The maximum Gasteiger partial charge on any atom is 0.266 e. The van der Waals surface area contributed by atoms with Gasteiger partial charge in [-0.3, -0.25) is 9.40 Å². The summed E-state index contributed by atoms with van der Waals surface area (Å²) < 4.78 is 30.3. The Kier molecular flexibility index (Phi) is 4.73. The van der Waals surface area contributed by atoms with Crippen LogP contribution in [-0.4, -0.2) is 28.2 Å². The summed E-state index contributed by atoms with van der Waals surface area (Å²) in [6.45, 7) is 0. The van der Waals surface area contributed by atoms with Crippen LogP contribution in [0.2, 0.25) is 0 Å². The number of sulfonamides is 1. The van der Waals surface area contributed by atoms with Gasteiger partial charge in [0.1, 0.15) is 4.90 Å². The molecule has 0 saturated heterocycles. The average Bonchev–Trinajstić information content (AvgIpc) is 3.09. The molecule has 0 bridgehead atoms. The second-order valence-electron chi connectivity index (χ2n) is 6.00. The van der Waals surface area contributed by atoms with Crippen molar-refractivity contribution in [2.45, 2.75) is 4.90 Å². The lowest BCUT2D eigenvalue weighted by atomic mass is 10.3. The van der Waals surface area contributed by atoms with Gasteiger partial charge in [-0.2, -0.15) is 5.10 Å². The fourth-order valence-electron chi connectivity index (χ4n) is 2.59. The molecule has 2 aromatic heterocycles. The molecule has 4 aromatic rings. The molecule has 2 N–H and O–H groups in total. The van der Waals surface area contributed by atoms with Crippen molar-refractivity contribution in [1.29, 1.82) is 0 Å². The van der Waals surface area contributed by atoms with Crippen molar-refractivity contribution in [2.75, 3.05) is 10.0 Å². The number of fused-ring (bicyclic) bond motifs is 1. The van der Waals surface area contributed by atoms with Crippen LogP contribution in [0.3, 0.4) is 0 Å². The normalized spacial score (nSPS) is 11.5. The molecule has 0 fully saturated rings. The first-order valence-electron chi connectivity index (χ1n) is 8.21. The van der Waals surface area contributed by atoms with Gasteiger partial charge in [0.15, 0.2) is 11.6 Å². The predicted molar refractivity (Wildman–Crippen MR) is 111 cm³/mol. The number of hydrogen-bond acceptors (Lipinski definition) is 6. The van der Waals surface area contributed by atoms with Crippen LogP contribution >= 0.6 is 15.9 Å². The number of para-hydroxylation sites is 2. The van der Waals surface area contributed by atoms with Gasteiger partial charge < -0.3 is 5.32 Å². The second kappa shape index (κ2) is 7.21. The Bertz CT molecular complexity index is 1270. The fourth-order valence-corrected chi connectivity index (χ4v) is 3.98. The molecule has 2 heterocycles. The van der Waals surface area contributed by atoms with Gasteiger partial charge >= 0.3 is 0 Å². The van der Waals surface area contributed by atoms with E-state index < -0.39 is 10.0 Å². The smallest absolute Gasteiger partial charge is 0.266 e. The summed E-state index contributed by atoms with van der Waals surface area (Å²) in [5.74, 6) is 0.395. The molecule has 8 nitrogen and oxygen atoms in total. The molecule has 0 radical (unpaired) electrons. The Morgan fingerprint density at radius 2 is 1.71 bits per heavy atom. The molecular weight excluding hydrogens is 444 g/mol. The molecule has 4 rings (SSSR count). The van der Waals surface area contributed by atoms with E-state index in [0.29, 0.717) is 16.9 Å². The van der Waals surface area contributed by atoms with Crippen LogP contribution in [0.5, 0.6) is 0 Å². The molecule has 10 heteroatoms. The minimum Gasteiger partial charge on any atom is -0.337 e.